The van der Waals surface area contributed by atoms with Crippen LogP contribution in [0.25, 0.3) is 0 Å². The first-order valence-electron chi connectivity index (χ1n) is 10.9. The van der Waals surface area contributed by atoms with Crippen LogP contribution in [0, 0.1) is 40.8 Å². The lowest BCUT2D eigenvalue weighted by Gasteiger charge is -2.38. The van der Waals surface area contributed by atoms with Crippen molar-refractivity contribution in [1.82, 2.24) is 0 Å². The van der Waals surface area contributed by atoms with E-state index in [0.29, 0.717) is 0 Å². The summed E-state index contributed by atoms with van der Waals surface area (Å²) in [5.41, 5.74) is 1.20. The highest BCUT2D eigenvalue weighted by Gasteiger charge is 2.30. The summed E-state index contributed by atoms with van der Waals surface area (Å²) in [6, 6.07) is 6.99. The minimum absolute atomic E-state index is 0.155. The van der Waals surface area contributed by atoms with Crippen LogP contribution in [-0.2, 0) is 6.42 Å². The van der Waals surface area contributed by atoms with E-state index in [2.05, 4.69) is 6.92 Å². The summed E-state index contributed by atoms with van der Waals surface area (Å²) in [6.07, 6.45) is 16.3. The van der Waals surface area contributed by atoms with Crippen LogP contribution in [0.1, 0.15) is 88.7 Å². The standard InChI is InChI=1S/C24H34FN/c1-2-3-18-6-11-21(12-7-18)22-13-8-19(9-14-22)4-5-20-10-15-23(17-26)24(25)16-20/h10,15-16,18-19,21-22H,2-9,11-14H2,1H3/t18-,19-,21-,22-. The van der Waals surface area contributed by atoms with Crippen molar-refractivity contribution in [1.29, 1.82) is 5.26 Å². The van der Waals surface area contributed by atoms with Crippen LogP contribution >= 0.6 is 0 Å². The molecule has 142 valence electrons. The van der Waals surface area contributed by atoms with Gasteiger partial charge in [-0.1, -0.05) is 51.5 Å². The van der Waals surface area contributed by atoms with E-state index in [-0.39, 0.29) is 11.4 Å². The Morgan fingerprint density at radius 2 is 1.50 bits per heavy atom. The number of halogens is 1. The third-order valence-corrected chi connectivity index (χ3v) is 7.14. The van der Waals surface area contributed by atoms with Crippen molar-refractivity contribution < 1.29 is 4.39 Å². The molecule has 2 fully saturated rings. The maximum absolute atomic E-state index is 13.7. The van der Waals surface area contributed by atoms with E-state index < -0.39 is 0 Å². The molecule has 0 heterocycles. The van der Waals surface area contributed by atoms with Gasteiger partial charge < -0.3 is 0 Å². The van der Waals surface area contributed by atoms with E-state index in [0.717, 1.165) is 35.7 Å². The molecule has 0 spiro atoms. The van der Waals surface area contributed by atoms with Gasteiger partial charge in [0.15, 0.2) is 0 Å². The second-order valence-electron chi connectivity index (χ2n) is 8.81. The molecule has 0 N–H and O–H groups in total. The molecular weight excluding hydrogens is 321 g/mol. The predicted octanol–water partition coefficient (Wildman–Crippen LogP) is 7.04. The summed E-state index contributed by atoms with van der Waals surface area (Å²) >= 11 is 0. The van der Waals surface area contributed by atoms with Crippen LogP contribution in [0.2, 0.25) is 0 Å². The fraction of sp³-hybridized carbons (Fsp3) is 0.708. The molecule has 0 amide bonds. The molecule has 0 aliphatic heterocycles. The minimum Gasteiger partial charge on any atom is -0.206 e. The second kappa shape index (κ2) is 9.54. The second-order valence-corrected chi connectivity index (χ2v) is 8.81. The van der Waals surface area contributed by atoms with Crippen molar-refractivity contribution in [3.05, 3.63) is 35.1 Å². The number of aryl methyl sites for hydroxylation is 1. The van der Waals surface area contributed by atoms with Gasteiger partial charge in [0.1, 0.15) is 11.9 Å². The van der Waals surface area contributed by atoms with Gasteiger partial charge in [0.2, 0.25) is 0 Å². The van der Waals surface area contributed by atoms with Gasteiger partial charge in [0.25, 0.3) is 0 Å². The molecule has 0 bridgehead atoms. The summed E-state index contributed by atoms with van der Waals surface area (Å²) in [5, 5.41) is 8.83. The molecule has 1 aromatic rings. The molecule has 0 saturated heterocycles. The van der Waals surface area contributed by atoms with E-state index in [1.165, 1.54) is 70.6 Å². The van der Waals surface area contributed by atoms with E-state index in [9.17, 15) is 4.39 Å². The van der Waals surface area contributed by atoms with Gasteiger partial charge in [-0.25, -0.2) is 4.39 Å². The lowest BCUT2D eigenvalue weighted by molar-refractivity contribution is 0.141. The van der Waals surface area contributed by atoms with Crippen molar-refractivity contribution in [2.24, 2.45) is 23.7 Å². The summed E-state index contributed by atoms with van der Waals surface area (Å²) in [6.45, 7) is 2.32. The molecule has 0 radical (unpaired) electrons. The minimum atomic E-state index is -0.368. The third kappa shape index (κ3) is 5.09. The van der Waals surface area contributed by atoms with Gasteiger partial charge in [0.05, 0.1) is 5.56 Å². The van der Waals surface area contributed by atoms with Gasteiger partial charge in [-0.2, -0.15) is 5.26 Å². The topological polar surface area (TPSA) is 23.8 Å². The first-order valence-corrected chi connectivity index (χ1v) is 10.9. The van der Waals surface area contributed by atoms with Crippen molar-refractivity contribution >= 4 is 0 Å². The van der Waals surface area contributed by atoms with Gasteiger partial charge >= 0.3 is 0 Å². The summed E-state index contributed by atoms with van der Waals surface area (Å²) in [4.78, 5) is 0. The van der Waals surface area contributed by atoms with Crippen molar-refractivity contribution in [2.75, 3.05) is 0 Å². The Kier molecular flexibility index (Phi) is 7.12. The van der Waals surface area contributed by atoms with Gasteiger partial charge in [-0.15, -0.1) is 0 Å². The van der Waals surface area contributed by atoms with Crippen molar-refractivity contribution in [3.63, 3.8) is 0 Å². The molecule has 2 aliphatic carbocycles. The lowest BCUT2D eigenvalue weighted by Crippen LogP contribution is -2.26. The Hall–Kier alpha value is -1.36. The van der Waals surface area contributed by atoms with Crippen LogP contribution in [0.5, 0.6) is 0 Å². The number of hydrogen-bond donors (Lipinski definition) is 0. The maximum Gasteiger partial charge on any atom is 0.141 e. The Morgan fingerprint density at radius 1 is 0.923 bits per heavy atom. The zero-order valence-corrected chi connectivity index (χ0v) is 16.4. The quantitative estimate of drug-likeness (QED) is 0.536. The normalized spacial score (nSPS) is 29.3. The van der Waals surface area contributed by atoms with Crippen LogP contribution < -0.4 is 0 Å². The highest BCUT2D eigenvalue weighted by atomic mass is 19.1. The highest BCUT2D eigenvalue weighted by Crippen LogP contribution is 2.42. The SMILES string of the molecule is CCC[C@H]1CC[C@H]([C@H]2CC[C@H](CCc3ccc(C#N)c(F)c3)CC2)CC1. The molecule has 2 aliphatic rings. The smallest absolute Gasteiger partial charge is 0.141 e. The maximum atomic E-state index is 13.7. The Morgan fingerprint density at radius 3 is 2.00 bits per heavy atom. The van der Waals surface area contributed by atoms with E-state index in [1.54, 1.807) is 12.1 Å². The lowest BCUT2D eigenvalue weighted by atomic mass is 9.68. The molecule has 0 unspecified atom stereocenters. The molecular formula is C24H34FN. The zero-order chi connectivity index (χ0) is 18.4. The first kappa shape index (κ1) is 19.4. The molecule has 2 heteroatoms. The van der Waals surface area contributed by atoms with Gasteiger partial charge in [-0.3, -0.25) is 0 Å². The number of rotatable bonds is 6. The molecule has 26 heavy (non-hydrogen) atoms. The Bertz CT molecular complexity index is 601. The predicted molar refractivity (Wildman–Crippen MR) is 105 cm³/mol. The summed E-state index contributed by atoms with van der Waals surface area (Å²) in [5.74, 6) is 3.42. The van der Waals surface area contributed by atoms with E-state index in [1.807, 2.05) is 12.1 Å². The zero-order valence-electron chi connectivity index (χ0n) is 16.4. The van der Waals surface area contributed by atoms with Crippen LogP contribution in [0.3, 0.4) is 0 Å². The molecule has 2 saturated carbocycles. The van der Waals surface area contributed by atoms with E-state index in [4.69, 9.17) is 5.26 Å². The number of hydrogen-bond acceptors (Lipinski definition) is 1. The number of nitrogens with zero attached hydrogens (tertiary/aromatic N) is 1. The molecule has 3 rings (SSSR count). The number of nitriles is 1. The Balaban J connectivity index is 1.39. The molecule has 1 nitrogen and oxygen atoms in total. The fourth-order valence-corrected chi connectivity index (χ4v) is 5.48. The van der Waals surface area contributed by atoms with Crippen LogP contribution in [-0.4, -0.2) is 0 Å². The first-order chi connectivity index (χ1) is 12.7. The molecule has 0 atom stereocenters. The largest absolute Gasteiger partial charge is 0.206 e. The van der Waals surface area contributed by atoms with Gasteiger partial charge in [-0.05, 0) is 79.9 Å². The summed E-state index contributed by atoms with van der Waals surface area (Å²) < 4.78 is 13.7. The average molecular weight is 356 g/mol. The highest BCUT2D eigenvalue weighted by molar-refractivity contribution is 5.33. The van der Waals surface area contributed by atoms with Crippen LogP contribution in [0.4, 0.5) is 4.39 Å². The number of benzene rings is 1. The fourth-order valence-electron chi connectivity index (χ4n) is 5.48. The third-order valence-electron chi connectivity index (χ3n) is 7.14. The van der Waals surface area contributed by atoms with E-state index >= 15 is 0 Å². The van der Waals surface area contributed by atoms with Crippen LogP contribution in [0.15, 0.2) is 18.2 Å². The summed E-state index contributed by atoms with van der Waals surface area (Å²) in [7, 11) is 0. The van der Waals surface area contributed by atoms with Crippen molar-refractivity contribution in [3.8, 4) is 6.07 Å². The Labute approximate surface area is 159 Å². The monoisotopic (exact) mass is 355 g/mol. The van der Waals surface area contributed by atoms with Gasteiger partial charge in [0, 0.05) is 0 Å². The van der Waals surface area contributed by atoms with Crippen molar-refractivity contribution in [2.45, 2.75) is 84.0 Å². The molecule has 0 aromatic heterocycles. The molecule has 1 aromatic carbocycles. The average Bonchev–Trinajstić information content (AvgIpc) is 2.68.